The van der Waals surface area contributed by atoms with Gasteiger partial charge in [-0.15, -0.1) is 0 Å². The number of halogens is 1. The summed E-state index contributed by atoms with van der Waals surface area (Å²) in [6.45, 7) is 1.95. The van der Waals surface area contributed by atoms with Crippen LogP contribution in [0.25, 0.3) is 0 Å². The van der Waals surface area contributed by atoms with E-state index < -0.39 is 5.54 Å². The number of aliphatic imine (C=N–C) groups is 1. The standard InChI is InChI=1S/C18H18BrN3O2/c1-22-7-8-23-16-6-5-13(10-15(16)22)18(11-24-17(20)21-18)12-3-2-4-14(19)9-12/h2-6,9-10H,7-8,11H2,1H3,(H2,20,21). The van der Waals surface area contributed by atoms with Crippen LogP contribution in [0, 0.1) is 0 Å². The minimum atomic E-state index is -0.638. The van der Waals surface area contributed by atoms with Crippen LogP contribution in [0.2, 0.25) is 0 Å². The van der Waals surface area contributed by atoms with Crippen LogP contribution >= 0.6 is 15.9 Å². The van der Waals surface area contributed by atoms with Gasteiger partial charge in [0.15, 0.2) is 5.54 Å². The molecule has 2 aromatic rings. The number of ether oxygens (including phenoxy) is 2. The van der Waals surface area contributed by atoms with Crippen molar-refractivity contribution in [2.24, 2.45) is 10.7 Å². The molecule has 2 aliphatic rings. The molecule has 0 aromatic heterocycles. The highest BCUT2D eigenvalue weighted by Crippen LogP contribution is 2.42. The van der Waals surface area contributed by atoms with Crippen LogP contribution in [0.5, 0.6) is 5.75 Å². The Morgan fingerprint density at radius 2 is 2.00 bits per heavy atom. The zero-order valence-electron chi connectivity index (χ0n) is 13.3. The Morgan fingerprint density at radius 3 is 2.75 bits per heavy atom. The number of rotatable bonds is 2. The third-order valence-corrected chi connectivity index (χ3v) is 5.06. The lowest BCUT2D eigenvalue weighted by Crippen LogP contribution is -2.31. The molecule has 0 saturated heterocycles. The normalized spacial score (nSPS) is 22.4. The average molecular weight is 388 g/mol. The van der Waals surface area contributed by atoms with Crippen LogP contribution in [-0.4, -0.2) is 32.8 Å². The summed E-state index contributed by atoms with van der Waals surface area (Å²) >= 11 is 3.54. The fraction of sp³-hybridized carbons (Fsp3) is 0.278. The zero-order chi connectivity index (χ0) is 16.7. The molecule has 6 heteroatoms. The minimum absolute atomic E-state index is 0.220. The summed E-state index contributed by atoms with van der Waals surface area (Å²) in [7, 11) is 2.07. The van der Waals surface area contributed by atoms with Crippen molar-refractivity contribution in [2.45, 2.75) is 5.54 Å². The molecule has 2 aliphatic heterocycles. The van der Waals surface area contributed by atoms with E-state index in [1.807, 2.05) is 24.3 Å². The average Bonchev–Trinajstić information content (AvgIpc) is 2.98. The molecule has 24 heavy (non-hydrogen) atoms. The van der Waals surface area contributed by atoms with Crippen LogP contribution < -0.4 is 15.4 Å². The first kappa shape index (κ1) is 15.3. The van der Waals surface area contributed by atoms with Crippen LogP contribution in [0.3, 0.4) is 0 Å². The Hall–Kier alpha value is -2.21. The summed E-state index contributed by atoms with van der Waals surface area (Å²) < 4.78 is 12.3. The predicted octanol–water partition coefficient (Wildman–Crippen LogP) is 2.87. The molecular formula is C18H18BrN3O2. The lowest BCUT2D eigenvalue weighted by molar-refractivity contribution is 0.278. The Labute approximate surface area is 149 Å². The Bertz CT molecular complexity index is 824. The summed E-state index contributed by atoms with van der Waals surface area (Å²) in [5, 5.41) is 0. The van der Waals surface area contributed by atoms with Crippen molar-refractivity contribution in [3.63, 3.8) is 0 Å². The number of fused-ring (bicyclic) bond motifs is 1. The van der Waals surface area contributed by atoms with E-state index in [2.05, 4.69) is 51.1 Å². The van der Waals surface area contributed by atoms with E-state index in [-0.39, 0.29) is 6.02 Å². The molecule has 5 nitrogen and oxygen atoms in total. The first-order valence-corrected chi connectivity index (χ1v) is 8.60. The minimum Gasteiger partial charge on any atom is -0.490 e. The van der Waals surface area contributed by atoms with Gasteiger partial charge >= 0.3 is 0 Å². The van der Waals surface area contributed by atoms with Crippen molar-refractivity contribution in [1.29, 1.82) is 0 Å². The summed E-state index contributed by atoms with van der Waals surface area (Å²) in [5.41, 5.74) is 8.37. The highest BCUT2D eigenvalue weighted by atomic mass is 79.9. The Balaban J connectivity index is 1.88. The maximum atomic E-state index is 5.87. The Kier molecular flexibility index (Phi) is 3.64. The summed E-state index contributed by atoms with van der Waals surface area (Å²) in [6.07, 6.45) is 0. The smallest absolute Gasteiger partial charge is 0.283 e. The molecule has 0 radical (unpaired) electrons. The van der Waals surface area contributed by atoms with E-state index in [0.717, 1.165) is 33.6 Å². The molecule has 0 aliphatic carbocycles. The van der Waals surface area contributed by atoms with Gasteiger partial charge in [0.1, 0.15) is 19.0 Å². The van der Waals surface area contributed by atoms with Gasteiger partial charge in [-0.2, -0.15) is 0 Å². The van der Waals surface area contributed by atoms with E-state index in [4.69, 9.17) is 15.2 Å². The molecule has 0 spiro atoms. The van der Waals surface area contributed by atoms with Gasteiger partial charge in [-0.3, -0.25) is 0 Å². The van der Waals surface area contributed by atoms with Crippen molar-refractivity contribution in [3.8, 4) is 5.75 Å². The van der Waals surface area contributed by atoms with Gasteiger partial charge in [-0.1, -0.05) is 34.1 Å². The summed E-state index contributed by atoms with van der Waals surface area (Å²) in [6, 6.07) is 14.5. The fourth-order valence-corrected chi connectivity index (χ4v) is 3.65. The van der Waals surface area contributed by atoms with Gasteiger partial charge in [-0.05, 0) is 35.4 Å². The molecule has 1 atom stereocenters. The topological polar surface area (TPSA) is 60.1 Å². The van der Waals surface area contributed by atoms with Crippen molar-refractivity contribution >= 4 is 27.6 Å². The molecule has 0 saturated carbocycles. The first-order chi connectivity index (χ1) is 11.6. The van der Waals surface area contributed by atoms with E-state index >= 15 is 0 Å². The van der Waals surface area contributed by atoms with Crippen LogP contribution in [0.15, 0.2) is 51.9 Å². The molecule has 4 rings (SSSR count). The third kappa shape index (κ3) is 2.41. The van der Waals surface area contributed by atoms with Gasteiger partial charge < -0.3 is 20.1 Å². The van der Waals surface area contributed by atoms with Gasteiger partial charge in [-0.25, -0.2) is 4.99 Å². The second-order valence-electron chi connectivity index (χ2n) is 6.06. The number of anilines is 1. The summed E-state index contributed by atoms with van der Waals surface area (Å²) in [4.78, 5) is 6.86. The second-order valence-corrected chi connectivity index (χ2v) is 6.98. The molecule has 2 heterocycles. The monoisotopic (exact) mass is 387 g/mol. The molecule has 2 aromatic carbocycles. The number of nitrogens with two attached hydrogens (primary N) is 1. The van der Waals surface area contributed by atoms with E-state index in [1.54, 1.807) is 0 Å². The van der Waals surface area contributed by atoms with Crippen LogP contribution in [-0.2, 0) is 10.3 Å². The van der Waals surface area contributed by atoms with Crippen molar-refractivity contribution in [1.82, 2.24) is 0 Å². The van der Waals surface area contributed by atoms with E-state index in [1.165, 1.54) is 0 Å². The third-order valence-electron chi connectivity index (χ3n) is 4.56. The fourth-order valence-electron chi connectivity index (χ4n) is 3.25. The number of benzene rings is 2. The van der Waals surface area contributed by atoms with Crippen molar-refractivity contribution in [2.75, 3.05) is 31.7 Å². The van der Waals surface area contributed by atoms with Crippen molar-refractivity contribution < 1.29 is 9.47 Å². The van der Waals surface area contributed by atoms with Crippen molar-refractivity contribution in [3.05, 3.63) is 58.1 Å². The van der Waals surface area contributed by atoms with Gasteiger partial charge in [0, 0.05) is 11.5 Å². The molecule has 2 N–H and O–H groups in total. The predicted molar refractivity (Wildman–Crippen MR) is 97.7 cm³/mol. The van der Waals surface area contributed by atoms with Gasteiger partial charge in [0.25, 0.3) is 6.02 Å². The zero-order valence-corrected chi connectivity index (χ0v) is 14.9. The van der Waals surface area contributed by atoms with Gasteiger partial charge in [0.05, 0.1) is 12.2 Å². The highest BCUT2D eigenvalue weighted by molar-refractivity contribution is 9.10. The summed E-state index contributed by atoms with van der Waals surface area (Å²) in [5.74, 6) is 0.896. The van der Waals surface area contributed by atoms with Crippen LogP contribution in [0.4, 0.5) is 5.69 Å². The number of likely N-dealkylation sites (N-methyl/N-ethyl adjacent to an activating group) is 1. The quantitative estimate of drug-likeness (QED) is 0.860. The number of hydrogen-bond donors (Lipinski definition) is 1. The molecule has 0 fully saturated rings. The highest BCUT2D eigenvalue weighted by Gasteiger charge is 2.40. The Morgan fingerprint density at radius 1 is 1.17 bits per heavy atom. The maximum Gasteiger partial charge on any atom is 0.283 e. The van der Waals surface area contributed by atoms with E-state index in [9.17, 15) is 0 Å². The first-order valence-electron chi connectivity index (χ1n) is 7.81. The molecule has 1 unspecified atom stereocenters. The number of hydrogen-bond acceptors (Lipinski definition) is 5. The molecular weight excluding hydrogens is 370 g/mol. The maximum absolute atomic E-state index is 5.87. The SMILES string of the molecule is CN1CCOc2ccc(C3(c4cccc(Br)c4)COC(N)=N3)cc21. The lowest BCUT2D eigenvalue weighted by atomic mass is 9.84. The largest absolute Gasteiger partial charge is 0.490 e. The van der Waals surface area contributed by atoms with Crippen LogP contribution in [0.1, 0.15) is 11.1 Å². The van der Waals surface area contributed by atoms with Gasteiger partial charge in [0.2, 0.25) is 0 Å². The van der Waals surface area contributed by atoms with E-state index in [0.29, 0.717) is 13.2 Å². The molecule has 0 amide bonds. The number of amidine groups is 1. The molecule has 0 bridgehead atoms. The second kappa shape index (κ2) is 5.70. The molecule has 124 valence electrons. The number of nitrogens with zero attached hydrogens (tertiary/aromatic N) is 2. The lowest BCUT2D eigenvalue weighted by Gasteiger charge is -2.31.